The molecule has 76 valence electrons. The molecule has 0 radical (unpaired) electrons. The van der Waals surface area contributed by atoms with E-state index in [9.17, 15) is 9.59 Å². The molecule has 0 unspecified atom stereocenters. The van der Waals surface area contributed by atoms with Crippen LogP contribution in [0.5, 0.6) is 0 Å². The second-order valence-electron chi connectivity index (χ2n) is 2.01. The minimum Gasteiger partial charge on any atom is -0.478 e. The van der Waals surface area contributed by atoms with Gasteiger partial charge in [0, 0.05) is 12.6 Å². The molecule has 2 N–H and O–H groups in total. The first-order valence-corrected chi connectivity index (χ1v) is 4.18. The van der Waals surface area contributed by atoms with Crippen molar-refractivity contribution in [1.82, 2.24) is 4.98 Å². The first kappa shape index (κ1) is 12.4. The molecule has 14 heavy (non-hydrogen) atoms. The quantitative estimate of drug-likeness (QED) is 0.730. The molecule has 5 nitrogen and oxygen atoms in total. The van der Waals surface area contributed by atoms with Gasteiger partial charge in [-0.05, 0) is 12.1 Å². The van der Waals surface area contributed by atoms with E-state index in [4.69, 9.17) is 10.2 Å². The highest BCUT2D eigenvalue weighted by atomic mass is 35.5. The van der Waals surface area contributed by atoms with Crippen molar-refractivity contribution in [2.24, 2.45) is 0 Å². The molecule has 1 aromatic heterocycles. The van der Waals surface area contributed by atoms with E-state index in [2.05, 4.69) is 16.6 Å². The summed E-state index contributed by atoms with van der Waals surface area (Å²) in [6.07, 6.45) is 2.70. The van der Waals surface area contributed by atoms with Gasteiger partial charge in [0.2, 0.25) is 0 Å². The Labute approximate surface area is 85.0 Å². The van der Waals surface area contributed by atoms with E-state index >= 15 is 0 Å². The number of halogens is 1. The third-order valence-corrected chi connectivity index (χ3v) is 1.24. The van der Waals surface area contributed by atoms with Gasteiger partial charge in [-0.3, -0.25) is 0 Å². The summed E-state index contributed by atoms with van der Waals surface area (Å²) in [4.78, 5) is 24.2. The van der Waals surface area contributed by atoms with E-state index in [0.29, 0.717) is 0 Å². The van der Waals surface area contributed by atoms with Crippen LogP contribution in [0.15, 0.2) is 18.3 Å². The fourth-order valence-corrected chi connectivity index (χ4v) is 0.748. The summed E-state index contributed by atoms with van der Waals surface area (Å²) in [6.45, 7) is 0. The topological polar surface area (TPSA) is 87.5 Å². The van der Waals surface area contributed by atoms with E-state index in [-0.39, 0.29) is 5.56 Å². The normalized spacial score (nSPS) is 8.43. The molecule has 0 aromatic carbocycles. The second-order valence-corrected chi connectivity index (χ2v) is 2.01. The van der Waals surface area contributed by atoms with Gasteiger partial charge >= 0.3 is 11.9 Å². The summed E-state index contributed by atoms with van der Waals surface area (Å²) in [5.41, 5.74) is -0.741. The van der Waals surface area contributed by atoms with Crippen molar-refractivity contribution in [1.29, 1.82) is 0 Å². The van der Waals surface area contributed by atoms with Crippen LogP contribution in [0.1, 0.15) is 20.8 Å². The molecular weight excluding hydrogens is 210 g/mol. The van der Waals surface area contributed by atoms with Gasteiger partial charge in [0.15, 0.2) is 5.69 Å². The molecule has 1 rings (SSSR count). The Morgan fingerprint density at radius 3 is 2.21 bits per heavy atom. The van der Waals surface area contributed by atoms with Crippen LogP contribution in [0, 0.1) is 0 Å². The summed E-state index contributed by atoms with van der Waals surface area (Å²) >= 11 is 4.64. The minimum atomic E-state index is -1.34. The Morgan fingerprint density at radius 2 is 1.86 bits per heavy atom. The summed E-state index contributed by atoms with van der Waals surface area (Å²) in [6, 6.07) is 2.56. The Hall–Kier alpha value is -1.62. The molecule has 0 saturated carbocycles. The maximum atomic E-state index is 10.4. The number of hydrogen-bond acceptors (Lipinski definition) is 3. The molecule has 0 spiro atoms. The predicted octanol–water partition coefficient (Wildman–Crippen LogP) is 1.33. The summed E-state index contributed by atoms with van der Waals surface area (Å²) < 4.78 is 0. The number of aromatic carboxylic acids is 2. The van der Waals surface area contributed by atoms with Crippen molar-refractivity contribution in [2.45, 2.75) is 0 Å². The molecule has 0 aliphatic rings. The summed E-state index contributed by atoms with van der Waals surface area (Å²) in [5, 5.41) is 17.0. The zero-order valence-electron chi connectivity index (χ0n) is 7.27. The average molecular weight is 218 g/mol. The summed E-state index contributed by atoms with van der Waals surface area (Å²) in [5.74, 6) is -2.63. The molecule has 0 bridgehead atoms. The lowest BCUT2D eigenvalue weighted by Crippen LogP contribution is -2.09. The zero-order valence-corrected chi connectivity index (χ0v) is 8.02. The number of alkyl halides is 1. The lowest BCUT2D eigenvalue weighted by Gasteiger charge is -1.97. The van der Waals surface area contributed by atoms with Crippen molar-refractivity contribution in [2.75, 3.05) is 6.38 Å². The van der Waals surface area contributed by atoms with Gasteiger partial charge in [-0.25, -0.2) is 14.6 Å². The van der Waals surface area contributed by atoms with Gasteiger partial charge < -0.3 is 10.2 Å². The number of hydrogen-bond donors (Lipinski definition) is 2. The SMILES string of the molecule is CCl.O=C(O)c1cccnc1C(=O)O. The number of rotatable bonds is 2. The Bertz CT molecular complexity index is 307. The Balaban J connectivity index is 0.000000791. The van der Waals surface area contributed by atoms with Crippen molar-refractivity contribution < 1.29 is 19.8 Å². The Morgan fingerprint density at radius 1 is 1.29 bits per heavy atom. The van der Waals surface area contributed by atoms with Gasteiger partial charge in [0.05, 0.1) is 5.56 Å². The molecular formula is C8H8ClNO4. The van der Waals surface area contributed by atoms with E-state index in [1.54, 1.807) is 0 Å². The van der Waals surface area contributed by atoms with E-state index in [1.807, 2.05) is 0 Å². The maximum absolute atomic E-state index is 10.4. The van der Waals surface area contributed by atoms with Crippen molar-refractivity contribution in [3.8, 4) is 0 Å². The number of aromatic nitrogens is 1. The lowest BCUT2D eigenvalue weighted by atomic mass is 10.2. The molecule has 0 atom stereocenters. The Kier molecular flexibility index (Phi) is 5.24. The number of pyridine rings is 1. The standard InChI is InChI=1S/C7H5NO4.CH3Cl/c9-6(10)4-2-1-3-8-5(4)7(11)12;1-2/h1-3H,(H,9,10)(H,11,12);1H3. The molecule has 0 aliphatic heterocycles. The fraction of sp³-hybridized carbons (Fsp3) is 0.125. The van der Waals surface area contributed by atoms with Crippen molar-refractivity contribution in [3.63, 3.8) is 0 Å². The molecule has 0 amide bonds. The molecule has 0 fully saturated rings. The average Bonchev–Trinajstić information content (AvgIpc) is 2.20. The van der Waals surface area contributed by atoms with Crippen LogP contribution in [-0.2, 0) is 0 Å². The zero-order chi connectivity index (χ0) is 11.1. The van der Waals surface area contributed by atoms with E-state index < -0.39 is 17.6 Å². The van der Waals surface area contributed by atoms with Crippen LogP contribution in [0.3, 0.4) is 0 Å². The number of carbonyl (C=O) groups is 2. The molecule has 0 aliphatic carbocycles. The molecule has 6 heteroatoms. The van der Waals surface area contributed by atoms with Crippen molar-refractivity contribution >= 4 is 23.5 Å². The highest BCUT2D eigenvalue weighted by Gasteiger charge is 2.15. The monoisotopic (exact) mass is 217 g/mol. The number of carboxylic acid groups (broad SMARTS) is 2. The van der Waals surface area contributed by atoms with Gasteiger partial charge in [-0.2, -0.15) is 0 Å². The molecule has 1 heterocycles. The smallest absolute Gasteiger partial charge is 0.355 e. The van der Waals surface area contributed by atoms with Crippen LogP contribution in [0.25, 0.3) is 0 Å². The van der Waals surface area contributed by atoms with Crippen LogP contribution >= 0.6 is 11.6 Å². The first-order chi connectivity index (χ1) is 6.63. The van der Waals surface area contributed by atoms with Gasteiger partial charge in [-0.1, -0.05) is 0 Å². The number of carboxylic acids is 2. The third kappa shape index (κ3) is 3.02. The van der Waals surface area contributed by atoms with E-state index in [1.165, 1.54) is 24.7 Å². The minimum absolute atomic E-state index is 0.301. The molecule has 1 aromatic rings. The second kappa shape index (κ2) is 5.93. The first-order valence-electron chi connectivity index (χ1n) is 3.42. The number of nitrogens with zero attached hydrogens (tertiary/aromatic N) is 1. The largest absolute Gasteiger partial charge is 0.478 e. The maximum Gasteiger partial charge on any atom is 0.355 e. The summed E-state index contributed by atoms with van der Waals surface area (Å²) in [7, 11) is 0. The van der Waals surface area contributed by atoms with Crippen molar-refractivity contribution in [3.05, 3.63) is 29.6 Å². The predicted molar refractivity (Wildman–Crippen MR) is 49.9 cm³/mol. The lowest BCUT2D eigenvalue weighted by molar-refractivity contribution is 0.0646. The van der Waals surface area contributed by atoms with E-state index in [0.717, 1.165) is 0 Å². The molecule has 0 saturated heterocycles. The third-order valence-electron chi connectivity index (χ3n) is 1.24. The van der Waals surface area contributed by atoms with Gasteiger partial charge in [0.1, 0.15) is 0 Å². The van der Waals surface area contributed by atoms with Gasteiger partial charge in [-0.15, -0.1) is 11.6 Å². The van der Waals surface area contributed by atoms with Crippen LogP contribution in [-0.4, -0.2) is 33.5 Å². The fourth-order valence-electron chi connectivity index (χ4n) is 0.748. The van der Waals surface area contributed by atoms with Crippen LogP contribution in [0.4, 0.5) is 0 Å². The van der Waals surface area contributed by atoms with Gasteiger partial charge in [0.25, 0.3) is 0 Å². The van der Waals surface area contributed by atoms with Crippen LogP contribution < -0.4 is 0 Å². The highest BCUT2D eigenvalue weighted by molar-refractivity contribution is 6.15. The highest BCUT2D eigenvalue weighted by Crippen LogP contribution is 2.04. The van der Waals surface area contributed by atoms with Crippen LogP contribution in [0.2, 0.25) is 0 Å².